The van der Waals surface area contributed by atoms with E-state index in [4.69, 9.17) is 9.84 Å². The summed E-state index contributed by atoms with van der Waals surface area (Å²) in [6.45, 7) is 0. The third kappa shape index (κ3) is 4.62. The van der Waals surface area contributed by atoms with Crippen LogP contribution in [0.1, 0.15) is 29.5 Å². The molecule has 0 aliphatic carbocycles. The van der Waals surface area contributed by atoms with Crippen LogP contribution in [0.4, 0.5) is 0 Å². The smallest absolute Gasteiger partial charge is 0.303 e. The summed E-state index contributed by atoms with van der Waals surface area (Å²) in [4.78, 5) is 10.6. The van der Waals surface area contributed by atoms with Gasteiger partial charge >= 0.3 is 5.97 Å². The van der Waals surface area contributed by atoms with Crippen LogP contribution < -0.4 is 4.74 Å². The average Bonchev–Trinajstić information content (AvgIpc) is 2.54. The number of methoxy groups -OCH3 is 1. The molecule has 2 aromatic rings. The Morgan fingerprint density at radius 3 is 2.09 bits per heavy atom. The first-order valence-corrected chi connectivity index (χ1v) is 7.61. The van der Waals surface area contributed by atoms with Crippen LogP contribution in [0.5, 0.6) is 5.75 Å². The van der Waals surface area contributed by atoms with Gasteiger partial charge in [-0.1, -0.05) is 42.5 Å². The number of hydrogen-bond acceptors (Lipinski definition) is 2. The summed E-state index contributed by atoms with van der Waals surface area (Å²) in [5, 5.41) is 8.76. The standard InChI is InChI=1S/C19H22O3/c1-22-18-11-5-4-9-17(18)14-13-16-8-3-2-7-15(16)10-6-12-19(20)21/h2-5,7-9,11H,6,10,12-14H2,1H3,(H,20,21). The Morgan fingerprint density at radius 2 is 1.45 bits per heavy atom. The first-order chi connectivity index (χ1) is 10.7. The molecule has 3 nitrogen and oxygen atoms in total. The van der Waals surface area contributed by atoms with Crippen LogP contribution in [0.2, 0.25) is 0 Å². The predicted molar refractivity (Wildman–Crippen MR) is 87.4 cm³/mol. The van der Waals surface area contributed by atoms with Gasteiger partial charge in [0.15, 0.2) is 0 Å². The van der Waals surface area contributed by atoms with Gasteiger partial charge in [0.25, 0.3) is 0 Å². The van der Waals surface area contributed by atoms with Crippen LogP contribution in [0, 0.1) is 0 Å². The molecule has 1 N–H and O–H groups in total. The van der Waals surface area contributed by atoms with Crippen LogP contribution in [-0.4, -0.2) is 18.2 Å². The lowest BCUT2D eigenvalue weighted by Gasteiger charge is -2.11. The highest BCUT2D eigenvalue weighted by atomic mass is 16.5. The molecule has 0 saturated carbocycles. The van der Waals surface area contributed by atoms with Crippen molar-refractivity contribution in [3.8, 4) is 5.75 Å². The van der Waals surface area contributed by atoms with Gasteiger partial charge < -0.3 is 9.84 Å². The van der Waals surface area contributed by atoms with Crippen LogP contribution >= 0.6 is 0 Å². The number of ether oxygens (including phenoxy) is 1. The number of carboxylic acid groups (broad SMARTS) is 1. The molecule has 0 saturated heterocycles. The molecular weight excluding hydrogens is 276 g/mol. The maximum absolute atomic E-state index is 10.6. The molecule has 0 aliphatic rings. The third-order valence-electron chi connectivity index (χ3n) is 3.81. The van der Waals surface area contributed by atoms with Crippen molar-refractivity contribution in [1.29, 1.82) is 0 Å². The van der Waals surface area contributed by atoms with E-state index in [1.165, 1.54) is 16.7 Å². The number of aliphatic carboxylic acids is 1. The first kappa shape index (κ1) is 16.1. The van der Waals surface area contributed by atoms with Crippen LogP contribution in [-0.2, 0) is 24.1 Å². The van der Waals surface area contributed by atoms with Gasteiger partial charge in [0.2, 0.25) is 0 Å². The van der Waals surface area contributed by atoms with Crippen molar-refractivity contribution in [2.24, 2.45) is 0 Å². The highest BCUT2D eigenvalue weighted by Gasteiger charge is 2.06. The van der Waals surface area contributed by atoms with E-state index in [1.807, 2.05) is 30.3 Å². The van der Waals surface area contributed by atoms with E-state index in [2.05, 4.69) is 18.2 Å². The summed E-state index contributed by atoms with van der Waals surface area (Å²) in [5.41, 5.74) is 3.74. The largest absolute Gasteiger partial charge is 0.496 e. The van der Waals surface area contributed by atoms with Gasteiger partial charge in [0.1, 0.15) is 5.75 Å². The maximum atomic E-state index is 10.6. The fraction of sp³-hybridized carbons (Fsp3) is 0.316. The van der Waals surface area contributed by atoms with E-state index in [0.29, 0.717) is 6.42 Å². The van der Waals surface area contributed by atoms with Crippen molar-refractivity contribution < 1.29 is 14.6 Å². The molecule has 2 rings (SSSR count). The highest BCUT2D eigenvalue weighted by Crippen LogP contribution is 2.21. The Hall–Kier alpha value is -2.29. The Bertz CT molecular complexity index is 620. The van der Waals surface area contributed by atoms with E-state index in [1.54, 1.807) is 7.11 Å². The molecule has 3 heteroatoms. The molecule has 0 fully saturated rings. The molecule has 0 atom stereocenters. The van der Waals surface area contributed by atoms with Crippen molar-refractivity contribution in [1.82, 2.24) is 0 Å². The van der Waals surface area contributed by atoms with Crippen molar-refractivity contribution >= 4 is 5.97 Å². The van der Waals surface area contributed by atoms with Crippen LogP contribution in [0.3, 0.4) is 0 Å². The summed E-state index contributed by atoms with van der Waals surface area (Å²) >= 11 is 0. The fourth-order valence-corrected chi connectivity index (χ4v) is 2.65. The second kappa shape index (κ2) is 8.23. The zero-order chi connectivity index (χ0) is 15.8. The zero-order valence-corrected chi connectivity index (χ0v) is 12.9. The van der Waals surface area contributed by atoms with E-state index < -0.39 is 5.97 Å². The molecule has 0 unspecified atom stereocenters. The summed E-state index contributed by atoms with van der Waals surface area (Å²) in [7, 11) is 1.69. The molecule has 0 spiro atoms. The number of rotatable bonds is 8. The van der Waals surface area contributed by atoms with Gasteiger partial charge in [-0.2, -0.15) is 0 Å². The lowest BCUT2D eigenvalue weighted by atomic mass is 9.96. The quantitative estimate of drug-likeness (QED) is 0.804. The van der Waals surface area contributed by atoms with E-state index in [0.717, 1.165) is 25.0 Å². The number of carboxylic acids is 1. The lowest BCUT2D eigenvalue weighted by Crippen LogP contribution is -2.01. The fourth-order valence-electron chi connectivity index (χ4n) is 2.65. The summed E-state index contributed by atoms with van der Waals surface area (Å²) < 4.78 is 5.39. The minimum Gasteiger partial charge on any atom is -0.496 e. The topological polar surface area (TPSA) is 46.5 Å². The second-order valence-electron chi connectivity index (χ2n) is 5.33. The van der Waals surface area contributed by atoms with Gasteiger partial charge in [-0.05, 0) is 48.4 Å². The molecule has 0 bridgehead atoms. The van der Waals surface area contributed by atoms with Crippen molar-refractivity contribution in [2.75, 3.05) is 7.11 Å². The Labute approximate surface area is 131 Å². The molecule has 0 heterocycles. The Morgan fingerprint density at radius 1 is 0.909 bits per heavy atom. The molecule has 0 radical (unpaired) electrons. The minimum atomic E-state index is -0.730. The molecule has 0 aliphatic heterocycles. The Kier molecular flexibility index (Phi) is 6.01. The minimum absolute atomic E-state index is 0.223. The molecule has 0 aromatic heterocycles. The summed E-state index contributed by atoms with van der Waals surface area (Å²) in [5.74, 6) is 0.192. The van der Waals surface area contributed by atoms with E-state index in [-0.39, 0.29) is 6.42 Å². The molecule has 116 valence electrons. The van der Waals surface area contributed by atoms with Crippen LogP contribution in [0.25, 0.3) is 0 Å². The van der Waals surface area contributed by atoms with Crippen molar-refractivity contribution in [3.05, 3.63) is 65.2 Å². The third-order valence-corrected chi connectivity index (χ3v) is 3.81. The van der Waals surface area contributed by atoms with Gasteiger partial charge in [0.05, 0.1) is 7.11 Å². The number of hydrogen-bond donors (Lipinski definition) is 1. The molecule has 0 amide bonds. The van der Waals surface area contributed by atoms with Gasteiger partial charge in [0, 0.05) is 6.42 Å². The van der Waals surface area contributed by atoms with E-state index >= 15 is 0 Å². The molecule has 22 heavy (non-hydrogen) atoms. The average molecular weight is 298 g/mol. The Balaban J connectivity index is 2.01. The summed E-state index contributed by atoms with van der Waals surface area (Å²) in [6.07, 6.45) is 3.57. The van der Waals surface area contributed by atoms with Gasteiger partial charge in [-0.25, -0.2) is 0 Å². The number of aryl methyl sites for hydroxylation is 3. The number of para-hydroxylation sites is 1. The van der Waals surface area contributed by atoms with Gasteiger partial charge in [-0.15, -0.1) is 0 Å². The normalized spacial score (nSPS) is 10.4. The second-order valence-corrected chi connectivity index (χ2v) is 5.33. The van der Waals surface area contributed by atoms with Gasteiger partial charge in [-0.3, -0.25) is 4.79 Å². The molecular formula is C19H22O3. The monoisotopic (exact) mass is 298 g/mol. The lowest BCUT2D eigenvalue weighted by molar-refractivity contribution is -0.137. The molecule has 2 aromatic carbocycles. The zero-order valence-electron chi connectivity index (χ0n) is 12.9. The summed E-state index contributed by atoms with van der Waals surface area (Å²) in [6, 6.07) is 16.4. The number of benzene rings is 2. The first-order valence-electron chi connectivity index (χ1n) is 7.61. The van der Waals surface area contributed by atoms with Crippen molar-refractivity contribution in [3.63, 3.8) is 0 Å². The van der Waals surface area contributed by atoms with Crippen molar-refractivity contribution in [2.45, 2.75) is 32.1 Å². The predicted octanol–water partition coefficient (Wildman–Crippen LogP) is 3.89. The van der Waals surface area contributed by atoms with Crippen LogP contribution in [0.15, 0.2) is 48.5 Å². The maximum Gasteiger partial charge on any atom is 0.303 e. The highest BCUT2D eigenvalue weighted by molar-refractivity contribution is 5.66. The number of carbonyl (C=O) groups is 1. The van der Waals surface area contributed by atoms with E-state index in [9.17, 15) is 4.79 Å². The SMILES string of the molecule is COc1ccccc1CCc1ccccc1CCCC(=O)O.